The molecule has 0 bridgehead atoms. The first-order valence-corrected chi connectivity index (χ1v) is 10.0. The molecule has 2 aromatic heterocycles. The molecule has 0 saturated carbocycles. The molecule has 0 radical (unpaired) electrons. The number of hydrogen-bond acceptors (Lipinski definition) is 6. The van der Waals surface area contributed by atoms with Gasteiger partial charge in [0.25, 0.3) is 0 Å². The SMILES string of the molecule is CCc1cc(C(=O)OC)c(NC(=S)Nc2ncn(Cc3ccccc3Cl)n2)s1. The Morgan fingerprint density at radius 3 is 2.86 bits per heavy atom. The van der Waals surface area contributed by atoms with Gasteiger partial charge in [0.1, 0.15) is 11.3 Å². The van der Waals surface area contributed by atoms with Crippen LogP contribution in [0.15, 0.2) is 36.7 Å². The number of ether oxygens (including phenoxy) is 1. The van der Waals surface area contributed by atoms with E-state index in [0.29, 0.717) is 28.1 Å². The number of carbonyl (C=O) groups excluding carboxylic acids is 1. The molecular weight excluding hydrogens is 418 g/mol. The van der Waals surface area contributed by atoms with E-state index in [1.165, 1.54) is 18.4 Å². The lowest BCUT2D eigenvalue weighted by Gasteiger charge is -2.08. The highest BCUT2D eigenvalue weighted by Crippen LogP contribution is 2.29. The molecule has 0 atom stereocenters. The molecule has 10 heteroatoms. The van der Waals surface area contributed by atoms with Crippen LogP contribution in [0.3, 0.4) is 0 Å². The van der Waals surface area contributed by atoms with E-state index in [9.17, 15) is 4.79 Å². The van der Waals surface area contributed by atoms with Crippen LogP contribution in [-0.4, -0.2) is 33.0 Å². The minimum Gasteiger partial charge on any atom is -0.465 e. The minimum atomic E-state index is -0.414. The van der Waals surface area contributed by atoms with Crippen LogP contribution in [0.5, 0.6) is 0 Å². The van der Waals surface area contributed by atoms with E-state index in [1.54, 1.807) is 17.1 Å². The lowest BCUT2D eigenvalue weighted by Crippen LogP contribution is -2.20. The lowest BCUT2D eigenvalue weighted by atomic mass is 10.2. The topological polar surface area (TPSA) is 81.1 Å². The van der Waals surface area contributed by atoms with E-state index < -0.39 is 5.97 Å². The summed E-state index contributed by atoms with van der Waals surface area (Å²) in [6, 6.07) is 9.36. The summed E-state index contributed by atoms with van der Waals surface area (Å²) in [5.41, 5.74) is 1.39. The number of anilines is 2. The molecule has 0 spiro atoms. The average molecular weight is 436 g/mol. The highest BCUT2D eigenvalue weighted by atomic mass is 35.5. The lowest BCUT2D eigenvalue weighted by molar-refractivity contribution is 0.0602. The molecule has 146 valence electrons. The molecule has 0 amide bonds. The second kappa shape index (κ2) is 9.13. The Bertz CT molecular complexity index is 1000. The van der Waals surface area contributed by atoms with Crippen LogP contribution in [0.2, 0.25) is 5.02 Å². The first-order valence-electron chi connectivity index (χ1n) is 8.42. The summed E-state index contributed by atoms with van der Waals surface area (Å²) >= 11 is 13.0. The van der Waals surface area contributed by atoms with E-state index in [0.717, 1.165) is 16.9 Å². The third-order valence-corrected chi connectivity index (χ3v) is 5.58. The second-order valence-electron chi connectivity index (χ2n) is 5.74. The molecular formula is C18H18ClN5O2S2. The fraction of sp³-hybridized carbons (Fsp3) is 0.222. The molecule has 1 aromatic carbocycles. The van der Waals surface area contributed by atoms with Gasteiger partial charge in [0, 0.05) is 9.90 Å². The maximum Gasteiger partial charge on any atom is 0.340 e. The van der Waals surface area contributed by atoms with Crippen molar-refractivity contribution in [1.82, 2.24) is 14.8 Å². The van der Waals surface area contributed by atoms with Crippen LogP contribution in [0.4, 0.5) is 10.9 Å². The summed E-state index contributed by atoms with van der Waals surface area (Å²) in [4.78, 5) is 17.2. The molecule has 7 nitrogen and oxygen atoms in total. The van der Waals surface area contributed by atoms with Crippen molar-refractivity contribution in [2.24, 2.45) is 0 Å². The summed E-state index contributed by atoms with van der Waals surface area (Å²) in [5.74, 6) is -0.0696. The molecule has 0 fully saturated rings. The Labute approximate surface area is 176 Å². The molecule has 0 aliphatic carbocycles. The van der Waals surface area contributed by atoms with E-state index >= 15 is 0 Å². The summed E-state index contributed by atoms with van der Waals surface area (Å²) in [5, 5.41) is 11.9. The number of esters is 1. The second-order valence-corrected chi connectivity index (χ2v) is 7.69. The number of aromatic nitrogens is 3. The number of rotatable bonds is 6. The highest BCUT2D eigenvalue weighted by Gasteiger charge is 2.17. The normalized spacial score (nSPS) is 10.5. The monoisotopic (exact) mass is 435 g/mol. The Morgan fingerprint density at radius 1 is 1.36 bits per heavy atom. The van der Waals surface area contributed by atoms with Crippen molar-refractivity contribution in [3.63, 3.8) is 0 Å². The first-order chi connectivity index (χ1) is 13.5. The van der Waals surface area contributed by atoms with Crippen molar-refractivity contribution in [2.75, 3.05) is 17.7 Å². The zero-order chi connectivity index (χ0) is 20.1. The van der Waals surface area contributed by atoms with Gasteiger partial charge >= 0.3 is 5.97 Å². The first kappa shape index (κ1) is 20.2. The van der Waals surface area contributed by atoms with Crippen molar-refractivity contribution < 1.29 is 9.53 Å². The molecule has 2 heterocycles. The van der Waals surface area contributed by atoms with Crippen LogP contribution in [0.25, 0.3) is 0 Å². The zero-order valence-electron chi connectivity index (χ0n) is 15.2. The van der Waals surface area contributed by atoms with Gasteiger partial charge in [0.2, 0.25) is 5.95 Å². The zero-order valence-corrected chi connectivity index (χ0v) is 17.6. The van der Waals surface area contributed by atoms with E-state index in [2.05, 4.69) is 20.7 Å². The van der Waals surface area contributed by atoms with Crippen molar-refractivity contribution in [2.45, 2.75) is 19.9 Å². The van der Waals surface area contributed by atoms with Gasteiger partial charge in [-0.2, -0.15) is 0 Å². The Kier molecular flexibility index (Phi) is 6.61. The number of hydrogen-bond donors (Lipinski definition) is 2. The number of thiocarbonyl (C=S) groups is 1. The maximum atomic E-state index is 11.9. The summed E-state index contributed by atoms with van der Waals surface area (Å²) in [6.07, 6.45) is 2.40. The fourth-order valence-electron chi connectivity index (χ4n) is 2.44. The van der Waals surface area contributed by atoms with Crippen LogP contribution in [0.1, 0.15) is 27.7 Å². The molecule has 0 saturated heterocycles. The fourth-order valence-corrected chi connectivity index (χ4v) is 3.88. The Balaban J connectivity index is 1.66. The molecule has 3 rings (SSSR count). The Hall–Kier alpha value is -2.49. The van der Waals surface area contributed by atoms with Crippen LogP contribution in [0, 0.1) is 0 Å². The van der Waals surface area contributed by atoms with Crippen molar-refractivity contribution >= 4 is 57.2 Å². The number of nitrogens with zero attached hydrogens (tertiary/aromatic N) is 3. The van der Waals surface area contributed by atoms with Gasteiger partial charge in [-0.3, -0.25) is 5.32 Å². The number of thiophene rings is 1. The Morgan fingerprint density at radius 2 is 2.14 bits per heavy atom. The third kappa shape index (κ3) is 4.86. The number of benzene rings is 1. The van der Waals surface area contributed by atoms with Crippen LogP contribution in [-0.2, 0) is 17.7 Å². The molecule has 0 unspecified atom stereocenters. The smallest absolute Gasteiger partial charge is 0.340 e. The molecule has 0 aliphatic rings. The molecule has 0 aliphatic heterocycles. The number of aryl methyl sites for hydroxylation is 1. The summed E-state index contributed by atoms with van der Waals surface area (Å²) < 4.78 is 6.49. The van der Waals surface area contributed by atoms with Crippen LogP contribution >= 0.6 is 35.2 Å². The number of methoxy groups -OCH3 is 1. The van der Waals surface area contributed by atoms with Gasteiger partial charge in [-0.25, -0.2) is 14.5 Å². The quantitative estimate of drug-likeness (QED) is 0.443. The maximum absolute atomic E-state index is 11.9. The van der Waals surface area contributed by atoms with E-state index in [1.807, 2.05) is 31.2 Å². The standard InChI is InChI=1S/C18H18ClN5O2S2/c1-3-12-8-13(16(25)26-2)15(28-12)21-18(27)22-17-20-10-24(23-17)9-11-6-4-5-7-14(11)19/h4-8,10H,3,9H2,1-2H3,(H2,21,22,23,27). The van der Waals surface area contributed by atoms with E-state index in [-0.39, 0.29) is 5.11 Å². The minimum absolute atomic E-state index is 0.283. The average Bonchev–Trinajstić information content (AvgIpc) is 3.29. The van der Waals surface area contributed by atoms with Gasteiger partial charge in [0.15, 0.2) is 5.11 Å². The van der Waals surface area contributed by atoms with Crippen molar-refractivity contribution in [3.8, 4) is 0 Å². The van der Waals surface area contributed by atoms with Crippen molar-refractivity contribution in [1.29, 1.82) is 0 Å². The van der Waals surface area contributed by atoms with Gasteiger partial charge in [0.05, 0.1) is 19.2 Å². The number of halogens is 1. The predicted octanol–water partition coefficient (Wildman–Crippen LogP) is 4.20. The third-order valence-electron chi connectivity index (χ3n) is 3.82. The number of carbonyl (C=O) groups is 1. The molecule has 28 heavy (non-hydrogen) atoms. The summed E-state index contributed by atoms with van der Waals surface area (Å²) in [7, 11) is 1.35. The molecule has 2 N–H and O–H groups in total. The van der Waals surface area contributed by atoms with E-state index in [4.69, 9.17) is 28.6 Å². The largest absolute Gasteiger partial charge is 0.465 e. The summed E-state index contributed by atoms with van der Waals surface area (Å²) in [6.45, 7) is 2.51. The number of nitrogens with one attached hydrogen (secondary N) is 2. The van der Waals surface area contributed by atoms with Gasteiger partial charge < -0.3 is 10.1 Å². The molecule has 3 aromatic rings. The predicted molar refractivity (Wildman–Crippen MR) is 115 cm³/mol. The van der Waals surface area contributed by atoms with Crippen molar-refractivity contribution in [3.05, 3.63) is 57.7 Å². The van der Waals surface area contributed by atoms with Gasteiger partial charge in [-0.15, -0.1) is 16.4 Å². The highest BCUT2D eigenvalue weighted by molar-refractivity contribution is 7.80. The van der Waals surface area contributed by atoms with Crippen LogP contribution < -0.4 is 10.6 Å². The van der Waals surface area contributed by atoms with Gasteiger partial charge in [-0.1, -0.05) is 36.7 Å². The van der Waals surface area contributed by atoms with Gasteiger partial charge in [-0.05, 0) is 36.3 Å².